The molecule has 0 saturated carbocycles. The largest absolute Gasteiger partial charge is 0.481 e. The molecular weight excluding hydrogens is 549 g/mol. The Labute approximate surface area is 231 Å². The fourth-order valence-corrected chi connectivity index (χ4v) is 5.12. The molecule has 0 unspecified atom stereocenters. The fourth-order valence-electron chi connectivity index (χ4n) is 4.96. The van der Waals surface area contributed by atoms with Gasteiger partial charge in [-0.3, -0.25) is 14.3 Å². The molecule has 1 amide bonds. The average molecular weight is 573 g/mol. The number of rotatable bonds is 8. The second kappa shape index (κ2) is 10.1. The van der Waals surface area contributed by atoms with Gasteiger partial charge in [0.2, 0.25) is 5.91 Å². The van der Waals surface area contributed by atoms with E-state index in [1.807, 2.05) is 0 Å². The van der Waals surface area contributed by atoms with Crippen LogP contribution in [-0.4, -0.2) is 42.9 Å². The quantitative estimate of drug-likeness (QED) is 0.259. The summed E-state index contributed by atoms with van der Waals surface area (Å²) in [7, 11) is 0. The Morgan fingerprint density at radius 2 is 1.90 bits per heavy atom. The summed E-state index contributed by atoms with van der Waals surface area (Å²) in [5, 5.41) is 17.2. The molecule has 0 spiro atoms. The summed E-state index contributed by atoms with van der Waals surface area (Å²) in [5.74, 6) is -0.911. The van der Waals surface area contributed by atoms with Crippen LogP contribution >= 0.6 is 11.6 Å². The number of hydrogen-bond donors (Lipinski definition) is 3. The lowest BCUT2D eigenvalue weighted by Crippen LogP contribution is -2.33. The van der Waals surface area contributed by atoms with Gasteiger partial charge in [0.05, 0.1) is 11.1 Å². The van der Waals surface area contributed by atoms with Crippen molar-refractivity contribution in [3.63, 3.8) is 0 Å². The van der Waals surface area contributed by atoms with Gasteiger partial charge in [-0.2, -0.15) is 18.3 Å². The number of hydrogen-bond acceptors (Lipinski definition) is 6. The minimum atomic E-state index is -4.29. The van der Waals surface area contributed by atoms with Crippen LogP contribution in [0.15, 0.2) is 42.5 Å². The number of nitrogens with zero attached hydrogens (tertiary/aromatic N) is 4. The van der Waals surface area contributed by atoms with Gasteiger partial charge < -0.3 is 16.2 Å². The highest BCUT2D eigenvalue weighted by molar-refractivity contribution is 6.31. The van der Waals surface area contributed by atoms with E-state index < -0.39 is 24.0 Å². The molecule has 1 aliphatic heterocycles. The van der Waals surface area contributed by atoms with Crippen molar-refractivity contribution in [2.24, 2.45) is 0 Å². The topological polar surface area (TPSA) is 136 Å². The number of aromatic nitrogens is 4. The van der Waals surface area contributed by atoms with Crippen LogP contribution in [0, 0.1) is 0 Å². The van der Waals surface area contributed by atoms with Crippen LogP contribution in [0.1, 0.15) is 42.9 Å². The Bertz CT molecular complexity index is 1640. The van der Waals surface area contributed by atoms with Crippen molar-refractivity contribution < 1.29 is 27.9 Å². The van der Waals surface area contributed by atoms with Crippen LogP contribution in [0.25, 0.3) is 22.4 Å². The molecule has 4 aromatic rings. The van der Waals surface area contributed by atoms with Gasteiger partial charge in [-0.15, -0.1) is 0 Å². The smallest absolute Gasteiger partial charge is 0.389 e. The molecule has 3 heterocycles. The number of aliphatic carboxylic acids is 1. The lowest BCUT2D eigenvalue weighted by molar-refractivity contribution is -0.137. The van der Waals surface area contributed by atoms with E-state index in [9.17, 15) is 22.8 Å². The molecular formula is C27H24ClF3N6O3. The standard InChI is InChI=1S/C27H24ClF3N6O3/c1-26(15-6-3-14(4-7-15)5-10-19(38)39)20-22(32)33-24(34-23(20)35-25(26)40)21-17-9-8-16(28)13-18(17)37(36-21)12-2-11-27(29,30)31/h3-4,6-9,13H,2,5,10-12H2,1H3,(H,38,39)(H3,32,33,34,35,40)/t26-/m1/s1. The first kappa shape index (κ1) is 27.4. The molecule has 2 aromatic heterocycles. The van der Waals surface area contributed by atoms with Gasteiger partial charge in [-0.05, 0) is 49.1 Å². The van der Waals surface area contributed by atoms with E-state index in [2.05, 4.69) is 20.4 Å². The van der Waals surface area contributed by atoms with Crippen molar-refractivity contribution in [2.75, 3.05) is 11.1 Å². The predicted molar refractivity (Wildman–Crippen MR) is 143 cm³/mol. The minimum Gasteiger partial charge on any atom is -0.481 e. The molecule has 40 heavy (non-hydrogen) atoms. The van der Waals surface area contributed by atoms with Gasteiger partial charge >= 0.3 is 12.1 Å². The second-order valence-corrected chi connectivity index (χ2v) is 10.2. The van der Waals surface area contributed by atoms with Gasteiger partial charge in [0.15, 0.2) is 5.82 Å². The zero-order chi connectivity index (χ0) is 28.8. The Morgan fingerprint density at radius 1 is 1.18 bits per heavy atom. The zero-order valence-corrected chi connectivity index (χ0v) is 22.0. The Hall–Kier alpha value is -4.19. The third-order valence-electron chi connectivity index (χ3n) is 7.04. The van der Waals surface area contributed by atoms with Crippen LogP contribution in [-0.2, 0) is 28.0 Å². The van der Waals surface area contributed by atoms with Gasteiger partial charge in [-0.25, -0.2) is 9.97 Å². The Morgan fingerprint density at radius 3 is 2.58 bits per heavy atom. The average Bonchev–Trinajstić information content (AvgIpc) is 3.36. The third-order valence-corrected chi connectivity index (χ3v) is 7.27. The first-order chi connectivity index (χ1) is 18.9. The first-order valence-electron chi connectivity index (χ1n) is 12.4. The molecule has 9 nitrogen and oxygen atoms in total. The number of carbonyl (C=O) groups is 2. The van der Waals surface area contributed by atoms with Crippen LogP contribution in [0.3, 0.4) is 0 Å². The lowest BCUT2D eigenvalue weighted by atomic mass is 9.77. The van der Waals surface area contributed by atoms with E-state index in [-0.39, 0.29) is 42.8 Å². The van der Waals surface area contributed by atoms with E-state index in [0.717, 1.165) is 5.56 Å². The monoisotopic (exact) mass is 572 g/mol. The summed E-state index contributed by atoms with van der Waals surface area (Å²) in [4.78, 5) is 33.2. The van der Waals surface area contributed by atoms with Crippen LogP contribution in [0.5, 0.6) is 0 Å². The molecule has 0 saturated heterocycles. The molecule has 5 rings (SSSR count). The third kappa shape index (κ3) is 5.06. The highest BCUT2D eigenvalue weighted by atomic mass is 35.5. The highest BCUT2D eigenvalue weighted by Gasteiger charge is 2.47. The highest BCUT2D eigenvalue weighted by Crippen LogP contribution is 2.45. The van der Waals surface area contributed by atoms with Gasteiger partial charge in [0, 0.05) is 29.8 Å². The number of amides is 1. The molecule has 0 fully saturated rings. The summed E-state index contributed by atoms with van der Waals surface area (Å²) in [6.45, 7) is 1.70. The van der Waals surface area contributed by atoms with E-state index >= 15 is 0 Å². The van der Waals surface area contributed by atoms with Crippen molar-refractivity contribution in [1.29, 1.82) is 0 Å². The number of halogens is 4. The number of fused-ring (bicyclic) bond motifs is 2. The summed E-state index contributed by atoms with van der Waals surface area (Å²) in [6, 6.07) is 12.0. The minimum absolute atomic E-state index is 0.00591. The predicted octanol–water partition coefficient (Wildman–Crippen LogP) is 5.35. The molecule has 1 aliphatic rings. The first-order valence-corrected chi connectivity index (χ1v) is 12.8. The summed E-state index contributed by atoms with van der Waals surface area (Å²) >= 11 is 6.16. The number of anilines is 2. The van der Waals surface area contributed by atoms with Crippen LogP contribution < -0.4 is 11.1 Å². The molecule has 2 aromatic carbocycles. The van der Waals surface area contributed by atoms with Crippen LogP contribution in [0.2, 0.25) is 5.02 Å². The Balaban J connectivity index is 1.52. The van der Waals surface area contributed by atoms with Gasteiger partial charge in [0.25, 0.3) is 0 Å². The zero-order valence-electron chi connectivity index (χ0n) is 21.2. The van der Waals surface area contributed by atoms with Crippen molar-refractivity contribution in [2.45, 2.75) is 50.7 Å². The van der Waals surface area contributed by atoms with E-state index in [1.54, 1.807) is 49.4 Å². The number of nitrogens with two attached hydrogens (primary N) is 1. The second-order valence-electron chi connectivity index (χ2n) is 9.78. The van der Waals surface area contributed by atoms with Gasteiger partial charge in [0.1, 0.15) is 22.7 Å². The Kier molecular flexibility index (Phi) is 6.90. The van der Waals surface area contributed by atoms with Crippen molar-refractivity contribution in [3.05, 3.63) is 64.2 Å². The maximum atomic E-state index is 13.3. The lowest BCUT2D eigenvalue weighted by Gasteiger charge is -2.23. The molecule has 0 aliphatic carbocycles. The van der Waals surface area contributed by atoms with Crippen molar-refractivity contribution in [3.8, 4) is 11.5 Å². The number of carbonyl (C=O) groups excluding carboxylic acids is 1. The maximum Gasteiger partial charge on any atom is 0.389 e. The molecule has 0 radical (unpaired) electrons. The number of aryl methyl sites for hydroxylation is 2. The normalized spacial score (nSPS) is 16.8. The molecule has 0 bridgehead atoms. The maximum absolute atomic E-state index is 13.3. The van der Waals surface area contributed by atoms with Crippen LogP contribution in [0.4, 0.5) is 24.8 Å². The number of carboxylic acid groups (broad SMARTS) is 1. The SMILES string of the molecule is C[C@]1(c2ccc(CCC(=O)O)cc2)C(=O)Nc2nc(-c3nn(CCCC(F)(F)F)c4cc(Cl)ccc34)nc(N)c21. The molecule has 4 N–H and O–H groups in total. The van der Waals surface area contributed by atoms with Crippen molar-refractivity contribution >= 4 is 46.0 Å². The number of benzene rings is 2. The summed E-state index contributed by atoms with van der Waals surface area (Å²) in [6.07, 6.45) is -5.08. The summed E-state index contributed by atoms with van der Waals surface area (Å²) in [5.41, 5.74) is 7.83. The number of nitrogens with one attached hydrogen (secondary N) is 1. The molecule has 208 valence electrons. The number of alkyl halides is 3. The summed E-state index contributed by atoms with van der Waals surface area (Å²) < 4.78 is 39.6. The molecule has 1 atom stereocenters. The van der Waals surface area contributed by atoms with E-state index in [1.165, 1.54) is 4.68 Å². The van der Waals surface area contributed by atoms with E-state index in [4.69, 9.17) is 22.4 Å². The number of carboxylic acids is 1. The molecule has 13 heteroatoms. The number of nitrogen functional groups attached to an aromatic ring is 1. The van der Waals surface area contributed by atoms with E-state index in [0.29, 0.717) is 39.2 Å². The van der Waals surface area contributed by atoms with Gasteiger partial charge in [-0.1, -0.05) is 35.9 Å². The fraction of sp³-hybridized carbons (Fsp3) is 0.296. The van der Waals surface area contributed by atoms with Crippen molar-refractivity contribution in [1.82, 2.24) is 19.7 Å².